The van der Waals surface area contributed by atoms with E-state index in [4.69, 9.17) is 4.42 Å². The zero-order valence-corrected chi connectivity index (χ0v) is 27.3. The molecule has 0 spiro atoms. The van der Waals surface area contributed by atoms with E-state index in [2.05, 4.69) is 181 Å². The van der Waals surface area contributed by atoms with Crippen molar-refractivity contribution < 1.29 is 4.42 Å². The van der Waals surface area contributed by atoms with Gasteiger partial charge in [0.25, 0.3) is 0 Å². The Hall–Kier alpha value is -6.16. The molecule has 10 aromatic rings. The minimum atomic E-state index is 0.872. The van der Waals surface area contributed by atoms with Crippen molar-refractivity contribution in [1.82, 2.24) is 0 Å². The van der Waals surface area contributed by atoms with Gasteiger partial charge in [0.15, 0.2) is 0 Å². The van der Waals surface area contributed by atoms with Crippen LogP contribution in [0.1, 0.15) is 0 Å². The molecule has 0 unspecified atom stereocenters. The molecule has 2 heterocycles. The summed E-state index contributed by atoms with van der Waals surface area (Å²) in [5.74, 6) is 0. The van der Waals surface area contributed by atoms with Crippen molar-refractivity contribution >= 4 is 81.3 Å². The highest BCUT2D eigenvalue weighted by molar-refractivity contribution is 7.25. The smallest absolute Gasteiger partial charge is 0.137 e. The normalized spacial score (nSPS) is 11.7. The fourth-order valence-electron chi connectivity index (χ4n) is 7.36. The zero-order valence-electron chi connectivity index (χ0n) is 26.5. The van der Waals surface area contributed by atoms with Gasteiger partial charge in [-0.1, -0.05) is 121 Å². The predicted octanol–water partition coefficient (Wildman–Crippen LogP) is 13.9. The maximum atomic E-state index is 6.75. The molecular formula is C46H29NOS. The summed E-state index contributed by atoms with van der Waals surface area (Å²) in [5.41, 5.74) is 9.78. The fraction of sp³-hybridized carbons (Fsp3) is 0. The third-order valence-corrected chi connectivity index (χ3v) is 10.8. The van der Waals surface area contributed by atoms with Crippen LogP contribution in [0.15, 0.2) is 180 Å². The second-order valence-corrected chi connectivity index (χ2v) is 13.6. The minimum Gasteiger partial charge on any atom is -0.456 e. The molecule has 0 aliphatic rings. The highest BCUT2D eigenvalue weighted by Gasteiger charge is 2.19. The van der Waals surface area contributed by atoms with E-state index in [1.807, 2.05) is 11.3 Å². The average Bonchev–Trinajstić information content (AvgIpc) is 3.73. The van der Waals surface area contributed by atoms with Crippen LogP contribution < -0.4 is 4.90 Å². The average molecular weight is 644 g/mol. The number of anilines is 3. The van der Waals surface area contributed by atoms with E-state index < -0.39 is 0 Å². The third kappa shape index (κ3) is 4.62. The molecule has 3 heteroatoms. The lowest BCUT2D eigenvalue weighted by Crippen LogP contribution is -2.09. The maximum absolute atomic E-state index is 6.75. The van der Waals surface area contributed by atoms with Crippen LogP contribution in [0, 0.1) is 0 Å². The first-order valence-corrected chi connectivity index (χ1v) is 17.4. The third-order valence-electron chi connectivity index (χ3n) is 9.66. The molecule has 0 amide bonds. The lowest BCUT2D eigenvalue weighted by Gasteiger charge is -2.26. The van der Waals surface area contributed by atoms with Crippen LogP contribution in [0.4, 0.5) is 17.1 Å². The van der Waals surface area contributed by atoms with Crippen molar-refractivity contribution in [2.24, 2.45) is 0 Å². The van der Waals surface area contributed by atoms with Crippen molar-refractivity contribution in [3.05, 3.63) is 176 Å². The summed E-state index contributed by atoms with van der Waals surface area (Å²) in [6.45, 7) is 0. The summed E-state index contributed by atoms with van der Waals surface area (Å²) in [5, 5.41) is 7.30. The van der Waals surface area contributed by atoms with Gasteiger partial charge in [-0.2, -0.15) is 0 Å². The van der Waals surface area contributed by atoms with E-state index in [1.165, 1.54) is 53.2 Å². The molecular weight excluding hydrogens is 615 g/mol. The molecule has 0 N–H and O–H groups in total. The summed E-state index contributed by atoms with van der Waals surface area (Å²) in [4.78, 5) is 2.35. The van der Waals surface area contributed by atoms with Gasteiger partial charge in [0.1, 0.15) is 11.2 Å². The van der Waals surface area contributed by atoms with Gasteiger partial charge in [-0.15, -0.1) is 11.3 Å². The summed E-state index contributed by atoms with van der Waals surface area (Å²) >= 11 is 1.84. The number of hydrogen-bond acceptors (Lipinski definition) is 3. The Kier molecular flexibility index (Phi) is 6.39. The van der Waals surface area contributed by atoms with Crippen LogP contribution in [-0.4, -0.2) is 0 Å². The Bertz CT molecular complexity index is 2810. The number of hydrogen-bond donors (Lipinski definition) is 0. The van der Waals surface area contributed by atoms with E-state index in [-0.39, 0.29) is 0 Å². The number of nitrogens with zero attached hydrogens (tertiary/aromatic N) is 1. The molecule has 0 radical (unpaired) electrons. The van der Waals surface area contributed by atoms with Gasteiger partial charge in [0.05, 0.1) is 0 Å². The molecule has 0 aliphatic heterocycles. The van der Waals surface area contributed by atoms with Gasteiger partial charge in [-0.25, -0.2) is 0 Å². The molecule has 2 aromatic heterocycles. The summed E-state index contributed by atoms with van der Waals surface area (Å²) in [6, 6.07) is 63.1. The van der Waals surface area contributed by atoms with E-state index in [1.54, 1.807) is 0 Å². The lowest BCUT2D eigenvalue weighted by molar-refractivity contribution is 0.669. The van der Waals surface area contributed by atoms with Gasteiger partial charge < -0.3 is 9.32 Å². The minimum absolute atomic E-state index is 0.872. The van der Waals surface area contributed by atoms with Crippen LogP contribution in [0.25, 0.3) is 75.1 Å². The van der Waals surface area contributed by atoms with Gasteiger partial charge >= 0.3 is 0 Å². The molecule has 49 heavy (non-hydrogen) atoms. The molecule has 0 bridgehead atoms. The van der Waals surface area contributed by atoms with Gasteiger partial charge in [-0.3, -0.25) is 0 Å². The van der Waals surface area contributed by atoms with Crippen molar-refractivity contribution in [3.8, 4) is 22.3 Å². The van der Waals surface area contributed by atoms with Crippen molar-refractivity contribution in [3.63, 3.8) is 0 Å². The van der Waals surface area contributed by atoms with Crippen LogP contribution in [-0.2, 0) is 0 Å². The second-order valence-electron chi connectivity index (χ2n) is 12.5. The van der Waals surface area contributed by atoms with E-state index in [0.29, 0.717) is 0 Å². The molecule has 230 valence electrons. The molecule has 2 nitrogen and oxygen atoms in total. The van der Waals surface area contributed by atoms with Gasteiger partial charge in [-0.05, 0) is 81.6 Å². The SMILES string of the molecule is c1ccc(-c2ccc(N(c3ccc4c(c3)oc3cc(-c5ccccc5)c5ccccc5c34)c3ccc4c(c3)sc3ccccc34)cc2)cc1. The Morgan fingerprint density at radius 1 is 0.367 bits per heavy atom. The monoisotopic (exact) mass is 643 g/mol. The quantitative estimate of drug-likeness (QED) is 0.186. The summed E-state index contributed by atoms with van der Waals surface area (Å²) in [7, 11) is 0. The van der Waals surface area contributed by atoms with Crippen molar-refractivity contribution in [2.45, 2.75) is 0 Å². The highest BCUT2D eigenvalue weighted by atomic mass is 32.1. The standard InChI is InChI=1S/C46H29NOS/c1-3-11-30(12-4-1)31-19-21-33(22-20-31)47(35-23-25-38-37-16-9-10-18-44(37)49-45(38)28-35)34-24-26-40-42(27-34)48-43-29-41(32-13-5-2-6-14-32)36-15-7-8-17-39(36)46(40)43/h1-29H. The number of rotatable bonds is 5. The molecule has 0 aliphatic carbocycles. The van der Waals surface area contributed by atoms with Crippen molar-refractivity contribution in [2.75, 3.05) is 4.90 Å². The highest BCUT2D eigenvalue weighted by Crippen LogP contribution is 2.44. The van der Waals surface area contributed by atoms with E-state index in [9.17, 15) is 0 Å². The number of thiophene rings is 1. The molecule has 0 fully saturated rings. The van der Waals surface area contributed by atoms with E-state index >= 15 is 0 Å². The first-order valence-electron chi connectivity index (χ1n) is 16.6. The Morgan fingerprint density at radius 3 is 1.71 bits per heavy atom. The maximum Gasteiger partial charge on any atom is 0.137 e. The number of benzene rings is 8. The van der Waals surface area contributed by atoms with Gasteiger partial charge in [0.2, 0.25) is 0 Å². The molecule has 10 rings (SSSR count). The van der Waals surface area contributed by atoms with Crippen LogP contribution in [0.3, 0.4) is 0 Å². The Labute approximate surface area is 287 Å². The van der Waals surface area contributed by atoms with Crippen LogP contribution in [0.5, 0.6) is 0 Å². The van der Waals surface area contributed by atoms with Gasteiger partial charge in [0, 0.05) is 54.1 Å². The molecule has 0 saturated carbocycles. The number of fused-ring (bicyclic) bond motifs is 8. The zero-order chi connectivity index (χ0) is 32.3. The molecule has 0 saturated heterocycles. The first kappa shape index (κ1) is 27.9. The summed E-state index contributed by atoms with van der Waals surface area (Å²) in [6.07, 6.45) is 0. The Morgan fingerprint density at radius 2 is 0.939 bits per heavy atom. The van der Waals surface area contributed by atoms with Crippen LogP contribution in [0.2, 0.25) is 0 Å². The second kappa shape index (κ2) is 11.2. The van der Waals surface area contributed by atoms with Crippen molar-refractivity contribution in [1.29, 1.82) is 0 Å². The first-order chi connectivity index (χ1) is 24.3. The predicted molar refractivity (Wildman–Crippen MR) is 210 cm³/mol. The lowest BCUT2D eigenvalue weighted by atomic mass is 9.95. The molecule has 0 atom stereocenters. The van der Waals surface area contributed by atoms with E-state index in [0.717, 1.165) is 39.0 Å². The topological polar surface area (TPSA) is 16.4 Å². The fourth-order valence-corrected chi connectivity index (χ4v) is 8.50. The largest absolute Gasteiger partial charge is 0.456 e. The number of furan rings is 1. The molecule has 8 aromatic carbocycles. The summed E-state index contributed by atoms with van der Waals surface area (Å²) < 4.78 is 9.33. The van der Waals surface area contributed by atoms with Crippen LogP contribution >= 0.6 is 11.3 Å². The Balaban J connectivity index is 1.17.